The number of esters is 2. The van der Waals surface area contributed by atoms with Crippen molar-refractivity contribution in [3.8, 4) is 0 Å². The molecule has 8 atom stereocenters. The van der Waals surface area contributed by atoms with Gasteiger partial charge in [-0.05, 0) is 77.0 Å². The zero-order chi connectivity index (χ0) is 46.4. The number of allylic oxidation sites excluding steroid dienone is 12. The highest BCUT2D eigenvalue weighted by Crippen LogP contribution is 2.47. The Labute approximate surface area is 378 Å². The number of aliphatic hydroxyl groups excluding tert-OH is 5. The van der Waals surface area contributed by atoms with Gasteiger partial charge in [-0.1, -0.05) is 151 Å². The maximum atomic E-state index is 12.8. The fraction of sp³-hybridized carbons (Fsp3) is 0.714. The molecule has 1 aliphatic carbocycles. The maximum absolute atomic E-state index is 12.8. The summed E-state index contributed by atoms with van der Waals surface area (Å²) in [6.45, 7) is 3.16. The van der Waals surface area contributed by atoms with Gasteiger partial charge in [-0.2, -0.15) is 0 Å². The molecule has 1 saturated carbocycles. The molecule has 1 fully saturated rings. The van der Waals surface area contributed by atoms with E-state index in [1.807, 2.05) is 6.08 Å². The topological polar surface area (TPSA) is 210 Å². The van der Waals surface area contributed by atoms with Crippen LogP contribution in [0.1, 0.15) is 168 Å². The average Bonchev–Trinajstić information content (AvgIpc) is 3.26. The monoisotopic (exact) mass is 911 g/mol. The molecule has 0 amide bonds. The summed E-state index contributed by atoms with van der Waals surface area (Å²) in [6.07, 6.45) is 35.3. The van der Waals surface area contributed by atoms with Gasteiger partial charge >= 0.3 is 19.8 Å². The molecule has 362 valence electrons. The van der Waals surface area contributed by atoms with Crippen molar-refractivity contribution < 1.29 is 63.1 Å². The van der Waals surface area contributed by atoms with E-state index >= 15 is 0 Å². The molecular weight excluding hydrogens is 828 g/mol. The van der Waals surface area contributed by atoms with Crippen molar-refractivity contribution in [2.45, 2.75) is 211 Å². The van der Waals surface area contributed by atoms with Crippen LogP contribution < -0.4 is 0 Å². The van der Waals surface area contributed by atoms with Crippen LogP contribution in [0.4, 0.5) is 0 Å². The fourth-order valence-electron chi connectivity index (χ4n) is 6.67. The second kappa shape index (κ2) is 38.5. The van der Waals surface area contributed by atoms with Crippen molar-refractivity contribution in [3.05, 3.63) is 72.9 Å². The number of hydrogen-bond donors (Lipinski definition) is 6. The van der Waals surface area contributed by atoms with Crippen molar-refractivity contribution >= 4 is 19.8 Å². The lowest BCUT2D eigenvalue weighted by Gasteiger charge is -2.41. The molecule has 14 heteroatoms. The van der Waals surface area contributed by atoms with Gasteiger partial charge in [0.25, 0.3) is 0 Å². The van der Waals surface area contributed by atoms with E-state index in [0.717, 1.165) is 64.2 Å². The van der Waals surface area contributed by atoms with Gasteiger partial charge in [0.1, 0.15) is 43.2 Å². The zero-order valence-electron chi connectivity index (χ0n) is 38.3. The maximum Gasteiger partial charge on any atom is 0.472 e. The molecule has 0 aromatic rings. The second-order valence-corrected chi connectivity index (χ2v) is 17.7. The highest BCUT2D eigenvalue weighted by molar-refractivity contribution is 7.47. The first-order valence-electron chi connectivity index (χ1n) is 23.7. The fourth-order valence-corrected chi connectivity index (χ4v) is 7.64. The van der Waals surface area contributed by atoms with Gasteiger partial charge in [-0.3, -0.25) is 18.6 Å². The molecule has 6 N–H and O–H groups in total. The Balaban J connectivity index is 2.51. The Morgan fingerprint density at radius 1 is 0.492 bits per heavy atom. The van der Waals surface area contributed by atoms with Gasteiger partial charge in [0, 0.05) is 12.8 Å². The van der Waals surface area contributed by atoms with E-state index < -0.39 is 75.7 Å². The van der Waals surface area contributed by atoms with Crippen LogP contribution >= 0.6 is 7.82 Å². The molecular formula is C49H83O13P. The number of carbonyl (C=O) groups is 2. The number of aliphatic hydroxyl groups is 5. The molecule has 0 radical (unpaired) electrons. The number of rotatable bonds is 38. The van der Waals surface area contributed by atoms with Gasteiger partial charge < -0.3 is 39.9 Å². The van der Waals surface area contributed by atoms with Gasteiger partial charge in [0.15, 0.2) is 6.10 Å². The minimum atomic E-state index is -5.14. The number of hydrogen-bond acceptors (Lipinski definition) is 12. The number of unbranched alkanes of at least 4 members (excludes halogenated alkanes) is 14. The molecule has 0 saturated heterocycles. The van der Waals surface area contributed by atoms with Crippen LogP contribution in [-0.2, 0) is 32.7 Å². The van der Waals surface area contributed by atoms with Gasteiger partial charge in [-0.15, -0.1) is 0 Å². The Hall–Kier alpha value is -2.71. The first-order valence-corrected chi connectivity index (χ1v) is 25.2. The minimum absolute atomic E-state index is 0.0471. The van der Waals surface area contributed by atoms with Crippen molar-refractivity contribution in [1.29, 1.82) is 0 Å². The molecule has 6 unspecified atom stereocenters. The van der Waals surface area contributed by atoms with Crippen molar-refractivity contribution in [2.24, 2.45) is 0 Å². The molecule has 0 aromatic carbocycles. The summed E-state index contributed by atoms with van der Waals surface area (Å²) in [7, 11) is -5.14. The molecule has 0 heterocycles. The van der Waals surface area contributed by atoms with E-state index in [2.05, 4.69) is 80.7 Å². The van der Waals surface area contributed by atoms with Crippen LogP contribution in [0, 0.1) is 0 Å². The third-order valence-electron chi connectivity index (χ3n) is 10.5. The summed E-state index contributed by atoms with van der Waals surface area (Å²) in [5.74, 6) is -1.19. The smallest absolute Gasteiger partial charge is 0.462 e. The lowest BCUT2D eigenvalue weighted by atomic mass is 9.85. The van der Waals surface area contributed by atoms with Gasteiger partial charge in [0.05, 0.1) is 6.61 Å². The quantitative estimate of drug-likeness (QED) is 0.0148. The normalized spacial score (nSPS) is 22.3. The van der Waals surface area contributed by atoms with E-state index in [0.29, 0.717) is 19.3 Å². The summed E-state index contributed by atoms with van der Waals surface area (Å²) in [6, 6.07) is 0. The molecule has 0 aliphatic heterocycles. The molecule has 1 aliphatic rings. The highest BCUT2D eigenvalue weighted by atomic mass is 31.2. The second-order valence-electron chi connectivity index (χ2n) is 16.3. The lowest BCUT2D eigenvalue weighted by molar-refractivity contribution is -0.220. The third-order valence-corrected chi connectivity index (χ3v) is 11.5. The molecule has 63 heavy (non-hydrogen) atoms. The van der Waals surface area contributed by atoms with Crippen LogP contribution in [0.25, 0.3) is 0 Å². The van der Waals surface area contributed by atoms with Crippen molar-refractivity contribution in [1.82, 2.24) is 0 Å². The standard InChI is InChI=1S/C49H83O13P/c1-3-5-7-9-11-13-15-17-19-21-23-25-27-29-31-33-35-37-42(50)59-39-41(40-60-63(57,58)62-49-47(55)45(53)44(52)46(54)48(49)56)61-43(51)38-36-34-32-30-28-26-24-22-20-18-16-14-12-10-8-6-4-2/h8,10,14,16,20,22-23,25-26,28-29,31,41,44-49,52-56H,3-7,9,11-13,15,17-19,21,24,27,30,32-40H2,1-2H3,(H,57,58)/b10-8+,16-14+,22-20+,25-23+,28-26+,31-29+/t41-,44?,45-,46?,47?,48?,49?/m0/s1. The summed E-state index contributed by atoms with van der Waals surface area (Å²) < 4.78 is 33.5. The van der Waals surface area contributed by atoms with Crippen LogP contribution in [0.5, 0.6) is 0 Å². The summed E-state index contributed by atoms with van der Waals surface area (Å²) >= 11 is 0. The summed E-state index contributed by atoms with van der Waals surface area (Å²) in [4.78, 5) is 35.7. The van der Waals surface area contributed by atoms with Crippen LogP contribution in [0.2, 0.25) is 0 Å². The number of ether oxygens (including phenoxy) is 2. The van der Waals surface area contributed by atoms with E-state index in [9.17, 15) is 44.6 Å². The molecule has 0 aromatic heterocycles. The lowest BCUT2D eigenvalue weighted by Crippen LogP contribution is -2.64. The van der Waals surface area contributed by atoms with E-state index in [1.54, 1.807) is 0 Å². The first kappa shape index (κ1) is 58.3. The largest absolute Gasteiger partial charge is 0.472 e. The molecule has 0 bridgehead atoms. The zero-order valence-corrected chi connectivity index (χ0v) is 39.2. The average molecular weight is 911 g/mol. The molecule has 1 rings (SSSR count). The first-order chi connectivity index (χ1) is 30.4. The van der Waals surface area contributed by atoms with Gasteiger partial charge in [-0.25, -0.2) is 4.57 Å². The van der Waals surface area contributed by atoms with E-state index in [1.165, 1.54) is 57.8 Å². The summed E-state index contributed by atoms with van der Waals surface area (Å²) in [5.41, 5.74) is 0. The predicted molar refractivity (Wildman–Crippen MR) is 249 cm³/mol. The predicted octanol–water partition coefficient (Wildman–Crippen LogP) is 9.50. The van der Waals surface area contributed by atoms with Crippen molar-refractivity contribution in [3.63, 3.8) is 0 Å². The van der Waals surface area contributed by atoms with Crippen LogP contribution in [-0.4, -0.2) is 98.3 Å². The minimum Gasteiger partial charge on any atom is -0.462 e. The highest BCUT2D eigenvalue weighted by Gasteiger charge is 2.51. The van der Waals surface area contributed by atoms with Crippen LogP contribution in [0.3, 0.4) is 0 Å². The Morgan fingerprint density at radius 3 is 1.41 bits per heavy atom. The Bertz CT molecular complexity index is 1380. The number of phosphoric acid groups is 1. The molecule has 13 nitrogen and oxygen atoms in total. The molecule has 0 spiro atoms. The van der Waals surface area contributed by atoms with Crippen molar-refractivity contribution in [2.75, 3.05) is 13.2 Å². The Morgan fingerprint density at radius 2 is 0.905 bits per heavy atom. The summed E-state index contributed by atoms with van der Waals surface area (Å²) in [5, 5.41) is 50.2. The number of phosphoric ester groups is 1. The third kappa shape index (κ3) is 31.0. The SMILES string of the molecule is CCC/C=C/C/C=C/C/C=C/C/C=C/CCCCCC(=O)O[C@@H](COC(=O)CCC/C=C/C/C=C/CCCCCCCCCCC)COP(=O)(O)OC1C(O)C(O)C(O)[C@H](O)C1O. The van der Waals surface area contributed by atoms with E-state index in [4.69, 9.17) is 18.5 Å². The number of carbonyl (C=O) groups excluding carboxylic acids is 2. The van der Waals surface area contributed by atoms with E-state index in [-0.39, 0.29) is 12.8 Å². The van der Waals surface area contributed by atoms with Gasteiger partial charge in [0.2, 0.25) is 0 Å². The van der Waals surface area contributed by atoms with Crippen LogP contribution in [0.15, 0.2) is 72.9 Å². The Kier molecular flexibility index (Phi) is 35.7.